The van der Waals surface area contributed by atoms with E-state index in [2.05, 4.69) is 18.7 Å². The van der Waals surface area contributed by atoms with Crippen LogP contribution in [-0.2, 0) is 0 Å². The summed E-state index contributed by atoms with van der Waals surface area (Å²) in [6.07, 6.45) is 0. The number of thiophene rings is 1. The number of carboxylic acid groups (broad SMARTS) is 1. The van der Waals surface area contributed by atoms with E-state index in [1.807, 2.05) is 5.38 Å². The summed E-state index contributed by atoms with van der Waals surface area (Å²) < 4.78 is 0. The fraction of sp³-hybridized carbons (Fsp3) is 0.545. The lowest BCUT2D eigenvalue weighted by molar-refractivity contribution is 0.0702. The molecule has 0 amide bonds. The van der Waals surface area contributed by atoms with Crippen LogP contribution in [0.5, 0.6) is 0 Å². The minimum atomic E-state index is -0.827. The minimum absolute atomic E-state index is 0.428. The number of carbonyl (C=O) groups is 1. The zero-order valence-electron chi connectivity index (χ0n) is 8.93. The molecule has 4 heteroatoms. The van der Waals surface area contributed by atoms with Crippen LogP contribution >= 0.6 is 11.3 Å². The summed E-state index contributed by atoms with van der Waals surface area (Å²) in [4.78, 5) is 13.5. The molecule has 0 aromatic carbocycles. The monoisotopic (exact) mass is 225 g/mol. The van der Waals surface area contributed by atoms with Crippen molar-refractivity contribution in [3.8, 4) is 0 Å². The quantitative estimate of drug-likeness (QED) is 0.840. The fourth-order valence-electron chi connectivity index (χ4n) is 1.94. The average molecular weight is 225 g/mol. The molecule has 2 heterocycles. The van der Waals surface area contributed by atoms with E-state index < -0.39 is 5.97 Å². The molecule has 2 rings (SSSR count). The SMILES string of the molecule is CC1CN(c2csc(C(=O)O)c2)CC1C. The predicted molar refractivity (Wildman–Crippen MR) is 61.8 cm³/mol. The average Bonchev–Trinajstić information content (AvgIpc) is 2.74. The molecule has 1 aromatic rings. The molecule has 1 aromatic heterocycles. The van der Waals surface area contributed by atoms with Gasteiger partial charge >= 0.3 is 5.97 Å². The summed E-state index contributed by atoms with van der Waals surface area (Å²) in [6, 6.07) is 1.78. The first kappa shape index (κ1) is 10.5. The van der Waals surface area contributed by atoms with Gasteiger partial charge in [0.2, 0.25) is 0 Å². The molecular formula is C11H15NO2S. The van der Waals surface area contributed by atoms with Gasteiger partial charge in [-0.15, -0.1) is 11.3 Å². The van der Waals surface area contributed by atoms with Gasteiger partial charge in [0.1, 0.15) is 4.88 Å². The maximum atomic E-state index is 10.7. The number of hydrogen-bond donors (Lipinski definition) is 1. The summed E-state index contributed by atoms with van der Waals surface area (Å²) in [5.74, 6) is 0.558. The van der Waals surface area contributed by atoms with E-state index in [-0.39, 0.29) is 0 Å². The van der Waals surface area contributed by atoms with Crippen molar-refractivity contribution < 1.29 is 9.90 Å². The van der Waals surface area contributed by atoms with Crippen LogP contribution < -0.4 is 4.90 Å². The van der Waals surface area contributed by atoms with Crippen LogP contribution in [0.1, 0.15) is 23.5 Å². The summed E-state index contributed by atoms with van der Waals surface area (Å²) in [6.45, 7) is 6.57. The number of carboxylic acids is 1. The topological polar surface area (TPSA) is 40.5 Å². The molecule has 2 atom stereocenters. The van der Waals surface area contributed by atoms with Gasteiger partial charge in [-0.05, 0) is 17.9 Å². The van der Waals surface area contributed by atoms with Crippen LogP contribution in [0.4, 0.5) is 5.69 Å². The molecule has 2 unspecified atom stereocenters. The van der Waals surface area contributed by atoms with Gasteiger partial charge in [-0.3, -0.25) is 0 Å². The molecule has 1 N–H and O–H groups in total. The van der Waals surface area contributed by atoms with E-state index in [1.54, 1.807) is 6.07 Å². The van der Waals surface area contributed by atoms with Crippen LogP contribution in [-0.4, -0.2) is 24.2 Å². The Morgan fingerprint density at radius 1 is 1.47 bits per heavy atom. The Morgan fingerprint density at radius 3 is 2.53 bits per heavy atom. The highest BCUT2D eigenvalue weighted by Crippen LogP contribution is 2.30. The molecule has 0 aliphatic carbocycles. The molecule has 1 saturated heterocycles. The Morgan fingerprint density at radius 2 is 2.07 bits per heavy atom. The number of aromatic carboxylic acids is 1. The standard InChI is InChI=1S/C11H15NO2S/c1-7-4-12(5-8(7)2)9-3-10(11(13)14)15-6-9/h3,6-8H,4-5H2,1-2H3,(H,13,14). The molecule has 1 fully saturated rings. The van der Waals surface area contributed by atoms with E-state index in [1.165, 1.54) is 11.3 Å². The van der Waals surface area contributed by atoms with Crippen LogP contribution in [0.25, 0.3) is 0 Å². The van der Waals surface area contributed by atoms with E-state index >= 15 is 0 Å². The Balaban J connectivity index is 2.14. The van der Waals surface area contributed by atoms with Gasteiger partial charge in [-0.2, -0.15) is 0 Å². The number of nitrogens with zero attached hydrogens (tertiary/aromatic N) is 1. The second-order valence-electron chi connectivity index (χ2n) is 4.33. The molecule has 3 nitrogen and oxygen atoms in total. The van der Waals surface area contributed by atoms with E-state index in [0.717, 1.165) is 18.8 Å². The van der Waals surface area contributed by atoms with Gasteiger partial charge in [0.25, 0.3) is 0 Å². The molecule has 82 valence electrons. The maximum Gasteiger partial charge on any atom is 0.345 e. The number of rotatable bonds is 2. The summed E-state index contributed by atoms with van der Waals surface area (Å²) >= 11 is 1.31. The Kier molecular flexibility index (Phi) is 2.69. The van der Waals surface area contributed by atoms with Crippen molar-refractivity contribution in [2.45, 2.75) is 13.8 Å². The molecule has 1 aliphatic heterocycles. The zero-order valence-corrected chi connectivity index (χ0v) is 9.75. The Labute approximate surface area is 93.3 Å². The predicted octanol–water partition coefficient (Wildman–Crippen LogP) is 2.54. The van der Waals surface area contributed by atoms with Crippen LogP contribution in [0.15, 0.2) is 11.4 Å². The first-order valence-corrected chi connectivity index (χ1v) is 6.02. The Hall–Kier alpha value is -1.03. The third-order valence-electron chi connectivity index (χ3n) is 3.15. The molecular weight excluding hydrogens is 210 g/mol. The smallest absolute Gasteiger partial charge is 0.345 e. The van der Waals surface area contributed by atoms with E-state index in [4.69, 9.17) is 5.11 Å². The van der Waals surface area contributed by atoms with Crippen molar-refractivity contribution in [3.05, 3.63) is 16.3 Å². The van der Waals surface area contributed by atoms with E-state index in [9.17, 15) is 4.79 Å². The maximum absolute atomic E-state index is 10.7. The van der Waals surface area contributed by atoms with Gasteiger partial charge < -0.3 is 10.0 Å². The highest BCUT2D eigenvalue weighted by Gasteiger charge is 2.26. The molecule has 0 spiro atoms. The van der Waals surface area contributed by atoms with Gasteiger partial charge in [0.15, 0.2) is 0 Å². The normalized spacial score (nSPS) is 25.9. The summed E-state index contributed by atoms with van der Waals surface area (Å²) in [5.41, 5.74) is 1.06. The largest absolute Gasteiger partial charge is 0.477 e. The molecule has 0 bridgehead atoms. The van der Waals surface area contributed by atoms with Crippen molar-refractivity contribution in [3.63, 3.8) is 0 Å². The number of anilines is 1. The second-order valence-corrected chi connectivity index (χ2v) is 5.25. The van der Waals surface area contributed by atoms with Crippen LogP contribution in [0, 0.1) is 11.8 Å². The van der Waals surface area contributed by atoms with Gasteiger partial charge in [-0.25, -0.2) is 4.79 Å². The Bertz CT molecular complexity index is 364. The first-order chi connectivity index (χ1) is 7.08. The first-order valence-electron chi connectivity index (χ1n) is 5.14. The van der Waals surface area contributed by atoms with Gasteiger partial charge in [-0.1, -0.05) is 13.8 Å². The van der Waals surface area contributed by atoms with Crippen molar-refractivity contribution in [1.82, 2.24) is 0 Å². The lowest BCUT2D eigenvalue weighted by Crippen LogP contribution is -2.18. The molecule has 1 aliphatic rings. The van der Waals surface area contributed by atoms with Crippen molar-refractivity contribution in [1.29, 1.82) is 0 Å². The third kappa shape index (κ3) is 2.00. The number of hydrogen-bond acceptors (Lipinski definition) is 3. The van der Waals surface area contributed by atoms with Crippen molar-refractivity contribution in [2.75, 3.05) is 18.0 Å². The lowest BCUT2D eigenvalue weighted by atomic mass is 10.0. The highest BCUT2D eigenvalue weighted by molar-refractivity contribution is 7.12. The second kappa shape index (κ2) is 3.85. The lowest BCUT2D eigenvalue weighted by Gasteiger charge is -2.15. The third-order valence-corrected chi connectivity index (χ3v) is 4.06. The van der Waals surface area contributed by atoms with Crippen molar-refractivity contribution >= 4 is 23.0 Å². The van der Waals surface area contributed by atoms with E-state index in [0.29, 0.717) is 16.7 Å². The molecule has 0 radical (unpaired) electrons. The molecule has 0 saturated carbocycles. The molecule has 15 heavy (non-hydrogen) atoms. The van der Waals surface area contributed by atoms with Crippen LogP contribution in [0.3, 0.4) is 0 Å². The highest BCUT2D eigenvalue weighted by atomic mass is 32.1. The zero-order chi connectivity index (χ0) is 11.0. The van der Waals surface area contributed by atoms with Gasteiger partial charge in [0, 0.05) is 24.2 Å². The minimum Gasteiger partial charge on any atom is -0.477 e. The fourth-order valence-corrected chi connectivity index (χ4v) is 2.70. The van der Waals surface area contributed by atoms with Gasteiger partial charge in [0.05, 0.1) is 0 Å². The summed E-state index contributed by atoms with van der Waals surface area (Å²) in [7, 11) is 0. The van der Waals surface area contributed by atoms with Crippen molar-refractivity contribution in [2.24, 2.45) is 11.8 Å². The van der Waals surface area contributed by atoms with Crippen LogP contribution in [0.2, 0.25) is 0 Å². The summed E-state index contributed by atoms with van der Waals surface area (Å²) in [5, 5.41) is 10.8.